The number of H-pyrrole nitrogens is 1. The fourth-order valence-electron chi connectivity index (χ4n) is 6.71. The van der Waals surface area contributed by atoms with Crippen LogP contribution in [-0.4, -0.2) is 90.1 Å². The Labute approximate surface area is 405 Å². The molecule has 2 N–H and O–H groups in total. The van der Waals surface area contributed by atoms with Crippen molar-refractivity contribution in [1.82, 2.24) is 50.0 Å². The van der Waals surface area contributed by atoms with Gasteiger partial charge in [-0.25, -0.2) is 0 Å². The van der Waals surface area contributed by atoms with E-state index in [1.165, 1.54) is 16.7 Å². The molecule has 12 nitrogen and oxygen atoms in total. The Kier molecular flexibility index (Phi) is 18.2. The average molecular weight is 1140 g/mol. The smallest absolute Gasteiger partial charge is 0.111 e. The van der Waals surface area contributed by atoms with Crippen LogP contribution in [0.3, 0.4) is 0 Å². The maximum absolute atomic E-state index is 12.2. The van der Waals surface area contributed by atoms with Crippen molar-refractivity contribution in [2.45, 2.75) is 31.1 Å². The summed E-state index contributed by atoms with van der Waals surface area (Å²) in [5.41, 5.74) is 8.05. The van der Waals surface area contributed by atoms with Gasteiger partial charge < -0.3 is 14.4 Å². The topological polar surface area (TPSA) is 149 Å². The monoisotopic (exact) mass is 1130 g/mol. The molecule has 1 aliphatic heterocycles. The van der Waals surface area contributed by atoms with Gasteiger partial charge in [0, 0.05) is 121 Å². The van der Waals surface area contributed by atoms with Gasteiger partial charge in [0.1, 0.15) is 7.14 Å². The van der Waals surface area contributed by atoms with E-state index in [-0.39, 0.29) is 0 Å². The second kappa shape index (κ2) is 23.7. The largest absolute Gasteiger partial charge is 0.324 e. The van der Waals surface area contributed by atoms with Gasteiger partial charge in [0.25, 0.3) is 0 Å². The maximum atomic E-state index is 12.2. The molecular weight excluding hydrogens is 1090 g/mol. The zero-order valence-electron chi connectivity index (χ0n) is 36.0. The minimum atomic E-state index is -2.30. The number of hydrogen-bond acceptors (Lipinski definition) is 9. The highest BCUT2D eigenvalue weighted by molar-refractivity contribution is 14.1. The highest BCUT2D eigenvalue weighted by Gasteiger charge is 2.30. The van der Waals surface area contributed by atoms with Crippen LogP contribution in [0.1, 0.15) is 29.0 Å². The SMILES string of the molecule is Brc1cncc(-c2cnn(Cc3ccccc3)c2)c1.Brc1cncc(I)c1.CP(C)(=O)C1CNCC(c2cn[nH]c2)C1.CP(C)(=O)c1cncc(-c2cnn(Cc3ccccc3)c2)c1. The summed E-state index contributed by atoms with van der Waals surface area (Å²) in [5, 5.41) is 19.7. The quantitative estimate of drug-likeness (QED) is 0.106. The molecule has 0 radical (unpaired) electrons. The van der Waals surface area contributed by atoms with Gasteiger partial charge in [0.15, 0.2) is 0 Å². The highest BCUT2D eigenvalue weighted by atomic mass is 127. The Morgan fingerprint density at radius 3 is 1.69 bits per heavy atom. The van der Waals surface area contributed by atoms with Gasteiger partial charge in [-0.15, -0.1) is 0 Å². The average Bonchev–Trinajstić information content (AvgIpc) is 4.09. The number of nitrogens with zero attached hydrogens (tertiary/aromatic N) is 8. The van der Waals surface area contributed by atoms with Crippen LogP contribution >= 0.6 is 68.7 Å². The van der Waals surface area contributed by atoms with Crippen LogP contribution in [0, 0.1) is 3.57 Å². The molecule has 17 heteroatoms. The number of benzene rings is 2. The Morgan fingerprint density at radius 2 is 1.20 bits per heavy atom. The van der Waals surface area contributed by atoms with Crippen LogP contribution in [0.4, 0.5) is 0 Å². The molecule has 1 fully saturated rings. The Morgan fingerprint density at radius 1 is 0.656 bits per heavy atom. The van der Waals surface area contributed by atoms with E-state index in [0.717, 1.165) is 72.7 Å². The lowest BCUT2D eigenvalue weighted by atomic mass is 9.94. The molecule has 0 aliphatic carbocycles. The maximum Gasteiger partial charge on any atom is 0.111 e. The summed E-state index contributed by atoms with van der Waals surface area (Å²) in [6.07, 6.45) is 23.2. The second-order valence-electron chi connectivity index (χ2n) is 16.0. The van der Waals surface area contributed by atoms with Gasteiger partial charge in [0.2, 0.25) is 0 Å². The minimum Gasteiger partial charge on any atom is -0.324 e. The van der Waals surface area contributed by atoms with E-state index in [4.69, 9.17) is 0 Å². The van der Waals surface area contributed by atoms with Gasteiger partial charge in [0.05, 0.1) is 38.8 Å². The molecule has 0 spiro atoms. The van der Waals surface area contributed by atoms with Crippen LogP contribution in [0.25, 0.3) is 22.3 Å². The number of aromatic nitrogens is 9. The van der Waals surface area contributed by atoms with Crippen LogP contribution in [0.15, 0.2) is 162 Å². The third-order valence-electron chi connectivity index (χ3n) is 10.2. The summed E-state index contributed by atoms with van der Waals surface area (Å²) in [6, 6.07) is 26.5. The highest BCUT2D eigenvalue weighted by Crippen LogP contribution is 2.47. The van der Waals surface area contributed by atoms with Gasteiger partial charge in [-0.1, -0.05) is 60.7 Å². The molecule has 1 saturated heterocycles. The van der Waals surface area contributed by atoms with E-state index in [9.17, 15) is 9.13 Å². The summed E-state index contributed by atoms with van der Waals surface area (Å²) >= 11 is 8.94. The first-order valence-electron chi connectivity index (χ1n) is 20.4. The normalized spacial score (nSPS) is 14.8. The molecule has 9 rings (SSSR count). The lowest BCUT2D eigenvalue weighted by Crippen LogP contribution is -2.38. The zero-order chi connectivity index (χ0) is 45.5. The number of aromatic amines is 1. The van der Waals surface area contributed by atoms with E-state index < -0.39 is 14.3 Å². The number of hydrogen-bond donors (Lipinski definition) is 2. The zero-order valence-corrected chi connectivity index (χ0v) is 43.2. The molecule has 0 bridgehead atoms. The third kappa shape index (κ3) is 15.7. The van der Waals surface area contributed by atoms with Crippen molar-refractivity contribution in [3.8, 4) is 22.3 Å². The Balaban J connectivity index is 0.000000149. The van der Waals surface area contributed by atoms with E-state index >= 15 is 0 Å². The molecule has 1 aliphatic rings. The van der Waals surface area contributed by atoms with E-state index in [1.807, 2.05) is 127 Å². The van der Waals surface area contributed by atoms with Gasteiger partial charge in [-0.3, -0.25) is 29.4 Å². The Bertz CT molecular complexity index is 2740. The van der Waals surface area contributed by atoms with Crippen molar-refractivity contribution in [2.75, 3.05) is 39.7 Å². The van der Waals surface area contributed by atoms with Crippen molar-refractivity contribution in [2.24, 2.45) is 0 Å². The van der Waals surface area contributed by atoms with Gasteiger partial charge in [-0.2, -0.15) is 15.3 Å². The molecule has 2 aromatic carbocycles. The molecule has 7 heterocycles. The van der Waals surface area contributed by atoms with Crippen LogP contribution in [0.2, 0.25) is 0 Å². The Hall–Kier alpha value is -4.37. The number of piperidine rings is 1. The lowest BCUT2D eigenvalue weighted by molar-refractivity contribution is 0.453. The summed E-state index contributed by atoms with van der Waals surface area (Å²) in [5.74, 6) is 0.454. The summed E-state index contributed by atoms with van der Waals surface area (Å²) in [4.78, 5) is 12.3. The standard InChI is InChI=1S/C17H18N3OP.C15H12BrN3.C10H18N3OP.C5H3BrIN/c1-22(2,21)17-8-15(9-18-11-17)16-10-19-20(13-16)12-14-6-4-3-5-7-14;16-15-6-13(7-17-9-15)14-8-18-19(11-14)10-12-4-2-1-3-5-12;1-15(2,14)10-3-8(4-11-7-10)9-5-12-13-6-9;6-4-1-5(7)3-8-2-4/h3-11,13H,12H2,1-2H3;1-9,11H,10H2;5-6,8,10-11H,3-4,7H2,1-2H3,(H,12,13);1-3H. The fourth-order valence-corrected chi connectivity index (χ4v) is 10.5. The first-order valence-corrected chi connectivity index (χ1v) is 28.4. The first kappa shape index (κ1) is 49.1. The van der Waals surface area contributed by atoms with Crippen LogP contribution in [-0.2, 0) is 22.2 Å². The third-order valence-corrected chi connectivity index (χ3v) is 15.3. The first-order chi connectivity index (χ1) is 30.7. The molecule has 332 valence electrons. The molecule has 0 amide bonds. The molecule has 2 atom stereocenters. The number of halogens is 3. The lowest BCUT2D eigenvalue weighted by Gasteiger charge is -2.31. The van der Waals surface area contributed by atoms with Crippen molar-refractivity contribution < 1.29 is 9.13 Å². The van der Waals surface area contributed by atoms with Crippen molar-refractivity contribution in [3.63, 3.8) is 0 Å². The molecular formula is C47H51Br2IN10O2P2. The van der Waals surface area contributed by atoms with Gasteiger partial charge in [-0.05, 0) is 122 Å². The number of pyridine rings is 3. The second-order valence-corrected chi connectivity index (χ2v) is 25.9. The van der Waals surface area contributed by atoms with E-state index in [0.29, 0.717) is 11.6 Å². The van der Waals surface area contributed by atoms with Crippen molar-refractivity contribution in [3.05, 3.63) is 182 Å². The van der Waals surface area contributed by atoms with E-state index in [1.54, 1.807) is 38.1 Å². The van der Waals surface area contributed by atoms with E-state index in [2.05, 4.69) is 119 Å². The van der Waals surface area contributed by atoms with Crippen LogP contribution in [0.5, 0.6) is 0 Å². The minimum absolute atomic E-state index is 0.311. The fraction of sp³-hybridized carbons (Fsp3) is 0.234. The predicted molar refractivity (Wildman–Crippen MR) is 276 cm³/mol. The summed E-state index contributed by atoms with van der Waals surface area (Å²) in [7, 11) is -4.28. The molecule has 64 heavy (non-hydrogen) atoms. The molecule has 6 aromatic heterocycles. The summed E-state index contributed by atoms with van der Waals surface area (Å²) < 4.78 is 31.2. The van der Waals surface area contributed by atoms with Crippen molar-refractivity contribution in [1.29, 1.82) is 0 Å². The molecule has 0 saturated carbocycles. The summed E-state index contributed by atoms with van der Waals surface area (Å²) in [6.45, 7) is 10.7. The van der Waals surface area contributed by atoms with Crippen LogP contribution < -0.4 is 10.6 Å². The number of rotatable bonds is 9. The predicted octanol–water partition coefficient (Wildman–Crippen LogP) is 10.9. The van der Waals surface area contributed by atoms with Gasteiger partial charge >= 0.3 is 0 Å². The number of nitrogens with one attached hydrogen (secondary N) is 2. The van der Waals surface area contributed by atoms with Crippen molar-refractivity contribution >= 4 is 74.0 Å². The molecule has 2 unspecified atom stereocenters. The molecule has 8 aromatic rings.